The molecule has 4 N–H and O–H groups in total. The molecule has 0 radical (unpaired) electrons. The molecular formula is C26H27Cl2F3N4O6. The number of benzene rings is 1. The summed E-state index contributed by atoms with van der Waals surface area (Å²) in [6.07, 6.45) is -2.25. The van der Waals surface area contributed by atoms with E-state index in [1.165, 1.54) is 11.0 Å². The van der Waals surface area contributed by atoms with Gasteiger partial charge in [0.15, 0.2) is 5.78 Å². The van der Waals surface area contributed by atoms with Crippen molar-refractivity contribution < 1.29 is 42.2 Å². The highest BCUT2D eigenvalue weighted by atomic mass is 35.5. The fourth-order valence-electron chi connectivity index (χ4n) is 6.32. The quantitative estimate of drug-likeness (QED) is 0.358. The number of carbonyl (C=O) groups excluding carboxylic acids is 4. The van der Waals surface area contributed by atoms with Gasteiger partial charge in [0.05, 0.1) is 21.6 Å². The van der Waals surface area contributed by atoms with Crippen LogP contribution in [0.1, 0.15) is 42.6 Å². The summed E-state index contributed by atoms with van der Waals surface area (Å²) >= 11 is 12.2. The number of Topliss-reactive ketones (excluding diaryl/α,β-unsaturated/α-hetero) is 1. The van der Waals surface area contributed by atoms with Crippen LogP contribution in [0.5, 0.6) is 5.75 Å². The van der Waals surface area contributed by atoms with E-state index in [1.807, 2.05) is 0 Å². The maximum absolute atomic E-state index is 13.8. The molecule has 1 aromatic heterocycles. The lowest BCUT2D eigenvalue weighted by molar-refractivity contribution is -0.274. The van der Waals surface area contributed by atoms with Gasteiger partial charge in [-0.05, 0) is 43.6 Å². The summed E-state index contributed by atoms with van der Waals surface area (Å²) in [6.45, 7) is -0.165. The van der Waals surface area contributed by atoms with Crippen molar-refractivity contribution in [3.63, 3.8) is 0 Å². The molecule has 0 spiro atoms. The number of fused-ring (bicyclic) bond motifs is 2. The molecule has 10 nitrogen and oxygen atoms in total. The lowest BCUT2D eigenvalue weighted by Gasteiger charge is -2.29. The monoisotopic (exact) mass is 618 g/mol. The number of likely N-dealkylation sites (tertiary alicyclic amines) is 1. The second kappa shape index (κ2) is 11.3. The normalized spacial score (nSPS) is 24.8. The molecule has 3 heterocycles. The zero-order valence-corrected chi connectivity index (χ0v) is 23.0. The maximum atomic E-state index is 13.8. The van der Waals surface area contributed by atoms with Crippen LogP contribution in [0, 0.1) is 17.8 Å². The Morgan fingerprint density at radius 3 is 2.61 bits per heavy atom. The van der Waals surface area contributed by atoms with Crippen LogP contribution in [0.25, 0.3) is 10.9 Å². The molecule has 0 bridgehead atoms. The lowest BCUT2D eigenvalue weighted by atomic mass is 9.92. The van der Waals surface area contributed by atoms with Gasteiger partial charge in [-0.2, -0.15) is 0 Å². The first kappa shape index (κ1) is 29.5. The minimum Gasteiger partial charge on any atom is -0.405 e. The number of aromatic amines is 1. The maximum Gasteiger partial charge on any atom is 0.573 e. The summed E-state index contributed by atoms with van der Waals surface area (Å²) < 4.78 is 43.2. The van der Waals surface area contributed by atoms with E-state index >= 15 is 0 Å². The van der Waals surface area contributed by atoms with E-state index in [2.05, 4.69) is 20.4 Å². The molecule has 2 aliphatic heterocycles. The van der Waals surface area contributed by atoms with Crippen molar-refractivity contribution in [1.29, 1.82) is 0 Å². The van der Waals surface area contributed by atoms with Gasteiger partial charge in [0, 0.05) is 30.5 Å². The highest BCUT2D eigenvalue weighted by Gasteiger charge is 2.50. The van der Waals surface area contributed by atoms with Crippen LogP contribution in [-0.4, -0.2) is 76.6 Å². The number of nitrogens with zero attached hydrogens (tertiary/aromatic N) is 1. The minimum atomic E-state index is -5.02. The average molecular weight is 619 g/mol. The van der Waals surface area contributed by atoms with Gasteiger partial charge in [-0.3, -0.25) is 19.2 Å². The first-order chi connectivity index (χ1) is 19.4. The van der Waals surface area contributed by atoms with Crippen LogP contribution >= 0.6 is 23.2 Å². The number of carbonyl (C=O) groups is 4. The fraction of sp³-hybridized carbons (Fsp3) is 0.538. The van der Waals surface area contributed by atoms with Gasteiger partial charge in [0.25, 0.3) is 5.91 Å². The zero-order valence-electron chi connectivity index (χ0n) is 21.5. The summed E-state index contributed by atoms with van der Waals surface area (Å²) in [6, 6.07) is -0.0326. The Labute approximate surface area is 241 Å². The molecule has 1 unspecified atom stereocenters. The van der Waals surface area contributed by atoms with Crippen LogP contribution in [0.2, 0.25) is 10.0 Å². The van der Waals surface area contributed by atoms with E-state index in [0.29, 0.717) is 19.4 Å². The van der Waals surface area contributed by atoms with Gasteiger partial charge < -0.3 is 30.4 Å². The Morgan fingerprint density at radius 1 is 1.20 bits per heavy atom. The number of hydrogen-bond donors (Lipinski definition) is 4. The number of rotatable bonds is 8. The molecule has 1 aliphatic carbocycles. The number of ether oxygens (including phenoxy) is 1. The molecule has 41 heavy (non-hydrogen) atoms. The number of aliphatic hydroxyl groups excluding tert-OH is 1. The van der Waals surface area contributed by atoms with E-state index < -0.39 is 54.3 Å². The zero-order chi connectivity index (χ0) is 29.6. The number of H-pyrrole nitrogens is 1. The Balaban J connectivity index is 1.44. The van der Waals surface area contributed by atoms with Gasteiger partial charge in [0.1, 0.15) is 24.1 Å². The Hall–Kier alpha value is -3.03. The molecule has 1 aromatic carbocycles. The molecule has 3 aliphatic rings. The van der Waals surface area contributed by atoms with Gasteiger partial charge >= 0.3 is 6.36 Å². The van der Waals surface area contributed by atoms with E-state index in [4.69, 9.17) is 23.2 Å². The summed E-state index contributed by atoms with van der Waals surface area (Å²) in [7, 11) is 0. The van der Waals surface area contributed by atoms with Gasteiger partial charge in [-0.1, -0.05) is 29.6 Å². The number of aliphatic hydroxyl groups is 1. The first-order valence-corrected chi connectivity index (χ1v) is 13.9. The smallest absolute Gasteiger partial charge is 0.405 e. The van der Waals surface area contributed by atoms with Crippen molar-refractivity contribution in [3.05, 3.63) is 27.9 Å². The first-order valence-electron chi connectivity index (χ1n) is 13.2. The SMILES string of the molecule is O=C(CO)C(C[C@@H]1CCNC1=O)NC(=O)[C@@H]1[C@H]2CCC[C@H]2CN1C(=O)c1cc2c(OC(F)(F)F)cc(Cl)c(Cl)c2[nH]1. The molecular weight excluding hydrogens is 592 g/mol. The van der Waals surface area contributed by atoms with Crippen molar-refractivity contribution in [3.8, 4) is 5.75 Å². The number of alkyl halides is 3. The average Bonchev–Trinajstić information content (AvgIpc) is 3.69. The largest absolute Gasteiger partial charge is 0.573 e. The van der Waals surface area contributed by atoms with Crippen molar-refractivity contribution in [2.45, 2.75) is 50.6 Å². The molecule has 222 valence electrons. The summed E-state index contributed by atoms with van der Waals surface area (Å²) in [4.78, 5) is 56.1. The predicted molar refractivity (Wildman–Crippen MR) is 140 cm³/mol. The number of ketones is 1. The Morgan fingerprint density at radius 2 is 1.95 bits per heavy atom. The third-order valence-electron chi connectivity index (χ3n) is 8.19. The predicted octanol–water partition coefficient (Wildman–Crippen LogP) is 3.19. The van der Waals surface area contributed by atoms with Gasteiger partial charge in [-0.15, -0.1) is 13.2 Å². The van der Waals surface area contributed by atoms with E-state index in [9.17, 15) is 37.5 Å². The van der Waals surface area contributed by atoms with Crippen molar-refractivity contribution in [2.75, 3.05) is 19.7 Å². The van der Waals surface area contributed by atoms with E-state index in [-0.39, 0.29) is 57.4 Å². The molecule has 5 rings (SSSR count). The second-order valence-corrected chi connectivity index (χ2v) is 11.4. The third kappa shape index (κ3) is 5.84. The van der Waals surface area contributed by atoms with Crippen molar-refractivity contribution >= 4 is 57.6 Å². The van der Waals surface area contributed by atoms with Crippen LogP contribution in [0.3, 0.4) is 0 Å². The van der Waals surface area contributed by atoms with E-state index in [0.717, 1.165) is 18.9 Å². The number of amides is 3. The molecule has 5 atom stereocenters. The molecule has 3 amide bonds. The molecule has 1 saturated carbocycles. The topological polar surface area (TPSA) is 141 Å². The minimum absolute atomic E-state index is 0.00818. The molecule has 3 fully saturated rings. The molecule has 2 saturated heterocycles. The highest BCUT2D eigenvalue weighted by molar-refractivity contribution is 6.45. The number of halogens is 5. The Kier molecular flexibility index (Phi) is 8.14. The molecule has 15 heteroatoms. The number of hydrogen-bond acceptors (Lipinski definition) is 6. The van der Waals surface area contributed by atoms with Crippen molar-refractivity contribution in [1.82, 2.24) is 20.5 Å². The highest BCUT2D eigenvalue weighted by Crippen LogP contribution is 2.44. The standard InChI is InChI=1S/C26H27Cl2F3N4O6/c27-15-8-19(41-26(29,30)31)14-7-17(33-21(14)20(15)28)25(40)35-9-12-2-1-3-13(12)22(35)24(39)34-16(18(37)10-36)6-11-4-5-32-23(11)38/h7-8,11-13,16,22,33,36H,1-6,9-10H2,(H,32,38)(H,34,39)/t11-,12-,13-,16?,22-/m0/s1. The summed E-state index contributed by atoms with van der Waals surface area (Å²) in [5, 5.41) is 14.4. The van der Waals surface area contributed by atoms with Crippen LogP contribution in [-0.2, 0) is 14.4 Å². The lowest BCUT2D eigenvalue weighted by Crippen LogP contribution is -2.53. The molecule has 2 aromatic rings. The Bertz CT molecular complexity index is 1400. The number of nitrogens with one attached hydrogen (secondary N) is 3. The van der Waals surface area contributed by atoms with Gasteiger partial charge in [0.2, 0.25) is 11.8 Å². The van der Waals surface area contributed by atoms with Crippen LogP contribution in [0.15, 0.2) is 12.1 Å². The van der Waals surface area contributed by atoms with Gasteiger partial charge in [-0.25, -0.2) is 0 Å². The fourth-order valence-corrected chi connectivity index (χ4v) is 6.72. The van der Waals surface area contributed by atoms with Crippen LogP contribution in [0.4, 0.5) is 13.2 Å². The summed E-state index contributed by atoms with van der Waals surface area (Å²) in [5.41, 5.74) is -0.162. The van der Waals surface area contributed by atoms with E-state index in [1.54, 1.807) is 0 Å². The second-order valence-electron chi connectivity index (χ2n) is 10.6. The van der Waals surface area contributed by atoms with Crippen molar-refractivity contribution in [2.24, 2.45) is 17.8 Å². The number of aromatic nitrogens is 1. The summed E-state index contributed by atoms with van der Waals surface area (Å²) in [5.74, 6) is -3.50. The third-order valence-corrected chi connectivity index (χ3v) is 8.98. The van der Waals surface area contributed by atoms with Crippen LogP contribution < -0.4 is 15.4 Å².